The minimum Gasteiger partial charge on any atom is -0.306 e. The number of nitrogens with one attached hydrogen (secondary N) is 1. The van der Waals surface area contributed by atoms with Gasteiger partial charge in [-0.05, 0) is 30.7 Å². The molecule has 3 aromatic rings. The molecule has 0 aliphatic rings. The number of aromatic amines is 1. The Morgan fingerprint density at radius 2 is 1.95 bits per heavy atom. The molecule has 4 heteroatoms. The molecule has 0 radical (unpaired) electrons. The first kappa shape index (κ1) is 11.9. The molecule has 0 aliphatic carbocycles. The van der Waals surface area contributed by atoms with Crippen molar-refractivity contribution >= 4 is 22.5 Å². The normalized spacial score (nSPS) is 10.8. The molecular formula is C15H11ClN2O. The van der Waals surface area contributed by atoms with Gasteiger partial charge in [0.25, 0.3) is 5.56 Å². The van der Waals surface area contributed by atoms with Gasteiger partial charge in [0.1, 0.15) is 5.82 Å². The van der Waals surface area contributed by atoms with Crippen LogP contribution in [0.2, 0.25) is 5.02 Å². The van der Waals surface area contributed by atoms with Crippen LogP contribution in [-0.4, -0.2) is 9.97 Å². The molecule has 19 heavy (non-hydrogen) atoms. The van der Waals surface area contributed by atoms with E-state index >= 15 is 0 Å². The van der Waals surface area contributed by atoms with E-state index in [4.69, 9.17) is 11.6 Å². The third-order valence-corrected chi connectivity index (χ3v) is 3.47. The highest BCUT2D eigenvalue weighted by Crippen LogP contribution is 2.23. The van der Waals surface area contributed by atoms with Crippen LogP contribution >= 0.6 is 11.6 Å². The fourth-order valence-electron chi connectivity index (χ4n) is 1.96. The maximum atomic E-state index is 12.0. The van der Waals surface area contributed by atoms with Gasteiger partial charge in [-0.3, -0.25) is 4.79 Å². The molecule has 1 N–H and O–H groups in total. The zero-order chi connectivity index (χ0) is 13.4. The fourth-order valence-corrected chi connectivity index (χ4v) is 2.14. The lowest BCUT2D eigenvalue weighted by atomic mass is 10.1. The molecule has 0 atom stereocenters. The van der Waals surface area contributed by atoms with E-state index in [1.807, 2.05) is 43.3 Å². The minimum atomic E-state index is -0.141. The number of H-pyrrole nitrogens is 1. The molecule has 94 valence electrons. The van der Waals surface area contributed by atoms with Gasteiger partial charge in [0.2, 0.25) is 0 Å². The summed E-state index contributed by atoms with van der Waals surface area (Å²) in [7, 11) is 0. The van der Waals surface area contributed by atoms with Crippen LogP contribution in [0.4, 0.5) is 0 Å². The van der Waals surface area contributed by atoms with E-state index < -0.39 is 0 Å². The Bertz CT molecular complexity index is 824. The standard InChI is InChI=1S/C15H11ClN2O/c1-9-6-7-10(8-12(9)16)14-17-13-5-3-2-4-11(13)15(19)18-14/h2-8H,1H3,(H,17,18,19). The average Bonchev–Trinajstić information content (AvgIpc) is 2.42. The van der Waals surface area contributed by atoms with Gasteiger partial charge in [0.15, 0.2) is 0 Å². The number of aromatic nitrogens is 2. The smallest absolute Gasteiger partial charge is 0.259 e. The largest absolute Gasteiger partial charge is 0.306 e. The number of rotatable bonds is 1. The molecule has 3 nitrogen and oxygen atoms in total. The van der Waals surface area contributed by atoms with Gasteiger partial charge in [-0.25, -0.2) is 4.98 Å². The Hall–Kier alpha value is -2.13. The molecule has 1 aromatic heterocycles. The third-order valence-electron chi connectivity index (χ3n) is 3.06. The predicted octanol–water partition coefficient (Wildman–Crippen LogP) is 3.55. The number of benzene rings is 2. The molecule has 0 spiro atoms. The highest BCUT2D eigenvalue weighted by Gasteiger charge is 2.06. The summed E-state index contributed by atoms with van der Waals surface area (Å²) < 4.78 is 0. The number of aryl methyl sites for hydroxylation is 1. The molecule has 3 rings (SSSR count). The molecule has 0 saturated carbocycles. The molecule has 0 unspecified atom stereocenters. The second-order valence-electron chi connectivity index (χ2n) is 4.40. The van der Waals surface area contributed by atoms with E-state index in [9.17, 15) is 4.79 Å². The molecule has 2 aromatic carbocycles. The molecule has 0 aliphatic heterocycles. The van der Waals surface area contributed by atoms with Gasteiger partial charge in [-0.1, -0.05) is 35.9 Å². The monoisotopic (exact) mass is 270 g/mol. The lowest BCUT2D eigenvalue weighted by molar-refractivity contribution is 1.18. The summed E-state index contributed by atoms with van der Waals surface area (Å²) in [4.78, 5) is 19.2. The highest BCUT2D eigenvalue weighted by molar-refractivity contribution is 6.31. The number of fused-ring (bicyclic) bond motifs is 1. The van der Waals surface area contributed by atoms with Crippen molar-refractivity contribution in [2.75, 3.05) is 0 Å². The first-order chi connectivity index (χ1) is 9.15. The van der Waals surface area contributed by atoms with Gasteiger partial charge in [0.05, 0.1) is 10.9 Å². The molecule has 0 amide bonds. The van der Waals surface area contributed by atoms with Crippen molar-refractivity contribution in [3.8, 4) is 11.4 Å². The summed E-state index contributed by atoms with van der Waals surface area (Å²) in [5.74, 6) is 0.533. The van der Waals surface area contributed by atoms with Crippen molar-refractivity contribution in [1.82, 2.24) is 9.97 Å². The Labute approximate surface area is 114 Å². The summed E-state index contributed by atoms with van der Waals surface area (Å²) in [5.41, 5.74) is 2.34. The van der Waals surface area contributed by atoms with Crippen LogP contribution in [0, 0.1) is 6.92 Å². The SMILES string of the molecule is Cc1ccc(-c2nc3ccccc3c(=O)[nH]2)cc1Cl. The summed E-state index contributed by atoms with van der Waals surface area (Å²) in [5, 5.41) is 1.25. The Morgan fingerprint density at radius 1 is 1.16 bits per heavy atom. The van der Waals surface area contributed by atoms with E-state index in [0.29, 0.717) is 21.7 Å². The van der Waals surface area contributed by atoms with E-state index in [2.05, 4.69) is 9.97 Å². The molecular weight excluding hydrogens is 260 g/mol. The van der Waals surface area contributed by atoms with Gasteiger partial charge < -0.3 is 4.98 Å². The molecule has 1 heterocycles. The zero-order valence-electron chi connectivity index (χ0n) is 10.3. The van der Waals surface area contributed by atoms with Crippen LogP contribution in [0.1, 0.15) is 5.56 Å². The van der Waals surface area contributed by atoms with Crippen LogP contribution in [-0.2, 0) is 0 Å². The maximum Gasteiger partial charge on any atom is 0.259 e. The Balaban J connectivity index is 2.25. The number of hydrogen-bond donors (Lipinski definition) is 1. The number of para-hydroxylation sites is 1. The average molecular weight is 271 g/mol. The fraction of sp³-hybridized carbons (Fsp3) is 0.0667. The lowest BCUT2D eigenvalue weighted by Gasteiger charge is -2.05. The summed E-state index contributed by atoms with van der Waals surface area (Å²) in [6, 6.07) is 12.9. The molecule has 0 saturated heterocycles. The van der Waals surface area contributed by atoms with E-state index in [1.54, 1.807) is 6.07 Å². The third kappa shape index (κ3) is 2.13. The van der Waals surface area contributed by atoms with Crippen molar-refractivity contribution < 1.29 is 0 Å². The number of halogens is 1. The van der Waals surface area contributed by atoms with Gasteiger partial charge in [-0.2, -0.15) is 0 Å². The second-order valence-corrected chi connectivity index (χ2v) is 4.80. The topological polar surface area (TPSA) is 45.8 Å². The Kier molecular flexibility index (Phi) is 2.84. The van der Waals surface area contributed by atoms with Gasteiger partial charge in [-0.15, -0.1) is 0 Å². The maximum absolute atomic E-state index is 12.0. The van der Waals surface area contributed by atoms with Crippen LogP contribution in [0.15, 0.2) is 47.3 Å². The van der Waals surface area contributed by atoms with E-state index in [1.165, 1.54) is 0 Å². The van der Waals surface area contributed by atoms with Crippen LogP contribution in [0.3, 0.4) is 0 Å². The number of hydrogen-bond acceptors (Lipinski definition) is 2. The number of nitrogens with zero attached hydrogens (tertiary/aromatic N) is 1. The van der Waals surface area contributed by atoms with Crippen molar-refractivity contribution in [2.45, 2.75) is 6.92 Å². The van der Waals surface area contributed by atoms with Crippen LogP contribution < -0.4 is 5.56 Å². The summed E-state index contributed by atoms with van der Waals surface area (Å²) in [6.07, 6.45) is 0. The van der Waals surface area contributed by atoms with E-state index in [-0.39, 0.29) is 5.56 Å². The predicted molar refractivity (Wildman–Crippen MR) is 77.5 cm³/mol. The highest BCUT2D eigenvalue weighted by atomic mass is 35.5. The first-order valence-corrected chi connectivity index (χ1v) is 6.28. The van der Waals surface area contributed by atoms with E-state index in [0.717, 1.165) is 11.1 Å². The Morgan fingerprint density at radius 3 is 2.74 bits per heavy atom. The van der Waals surface area contributed by atoms with Crippen molar-refractivity contribution in [3.05, 3.63) is 63.4 Å². The summed E-state index contributed by atoms with van der Waals surface area (Å²) in [6.45, 7) is 1.93. The van der Waals surface area contributed by atoms with Crippen molar-refractivity contribution in [1.29, 1.82) is 0 Å². The first-order valence-electron chi connectivity index (χ1n) is 5.91. The molecule has 0 fully saturated rings. The minimum absolute atomic E-state index is 0.141. The van der Waals surface area contributed by atoms with Crippen LogP contribution in [0.25, 0.3) is 22.3 Å². The van der Waals surface area contributed by atoms with Crippen molar-refractivity contribution in [3.63, 3.8) is 0 Å². The zero-order valence-corrected chi connectivity index (χ0v) is 11.0. The van der Waals surface area contributed by atoms with Crippen LogP contribution in [0.5, 0.6) is 0 Å². The van der Waals surface area contributed by atoms with Gasteiger partial charge >= 0.3 is 0 Å². The van der Waals surface area contributed by atoms with Crippen molar-refractivity contribution in [2.24, 2.45) is 0 Å². The molecule has 0 bridgehead atoms. The quantitative estimate of drug-likeness (QED) is 0.735. The van der Waals surface area contributed by atoms with Gasteiger partial charge in [0, 0.05) is 10.6 Å². The summed E-state index contributed by atoms with van der Waals surface area (Å²) >= 11 is 6.10. The lowest BCUT2D eigenvalue weighted by Crippen LogP contribution is -2.09. The second kappa shape index (κ2) is 4.52.